The van der Waals surface area contributed by atoms with E-state index in [1.807, 2.05) is 69.8 Å². The van der Waals surface area contributed by atoms with Crippen molar-refractivity contribution in [2.45, 2.75) is 33.2 Å². The van der Waals surface area contributed by atoms with E-state index in [4.69, 9.17) is 0 Å². The monoisotopic (exact) mass is 404 g/mol. The predicted molar refractivity (Wildman–Crippen MR) is 117 cm³/mol. The molecule has 0 radical (unpaired) electrons. The highest BCUT2D eigenvalue weighted by atomic mass is 16.2. The summed E-state index contributed by atoms with van der Waals surface area (Å²) in [6, 6.07) is 15.6. The zero-order chi connectivity index (χ0) is 21.1. The Balaban J connectivity index is 1.45. The second-order valence-electron chi connectivity index (χ2n) is 7.85. The Kier molecular flexibility index (Phi) is 5.84. The van der Waals surface area contributed by atoms with E-state index in [9.17, 15) is 9.59 Å². The Morgan fingerprint density at radius 2 is 1.73 bits per heavy atom. The molecule has 0 saturated carbocycles. The highest BCUT2D eigenvalue weighted by Crippen LogP contribution is 2.17. The smallest absolute Gasteiger partial charge is 0.253 e. The summed E-state index contributed by atoms with van der Waals surface area (Å²) in [4.78, 5) is 34.4. The number of aromatic nitrogens is 2. The maximum atomic E-state index is 13.1. The molecule has 6 heteroatoms. The standard InChI is InChI=1S/C24H28N4O2/c1-3-22-25-20-10-4-5-11-21(20)28(22)17-23(29)26-12-7-13-27(15-14-26)24(30)19-9-6-8-18(2)16-19/h4-6,8-11,16H,3,7,12-15,17H2,1-2H3. The fourth-order valence-corrected chi connectivity index (χ4v) is 4.14. The van der Waals surface area contributed by atoms with Crippen molar-refractivity contribution in [3.63, 3.8) is 0 Å². The molecular formula is C24H28N4O2. The lowest BCUT2D eigenvalue weighted by Crippen LogP contribution is -2.38. The number of carbonyl (C=O) groups excluding carboxylic acids is 2. The number of nitrogens with zero attached hydrogens (tertiary/aromatic N) is 4. The Morgan fingerprint density at radius 3 is 2.53 bits per heavy atom. The molecule has 1 aliphatic heterocycles. The van der Waals surface area contributed by atoms with Gasteiger partial charge in [-0.15, -0.1) is 0 Å². The van der Waals surface area contributed by atoms with Crippen LogP contribution in [0, 0.1) is 6.92 Å². The zero-order valence-corrected chi connectivity index (χ0v) is 17.7. The minimum Gasteiger partial charge on any atom is -0.339 e. The van der Waals surface area contributed by atoms with Gasteiger partial charge in [-0.3, -0.25) is 9.59 Å². The third kappa shape index (κ3) is 4.08. The number of carbonyl (C=O) groups is 2. The predicted octanol–water partition coefficient (Wildman–Crippen LogP) is 3.28. The molecule has 6 nitrogen and oxygen atoms in total. The molecule has 3 aromatic rings. The van der Waals surface area contributed by atoms with Crippen molar-refractivity contribution in [1.29, 1.82) is 0 Å². The molecule has 1 saturated heterocycles. The number of hydrogen-bond acceptors (Lipinski definition) is 3. The van der Waals surface area contributed by atoms with Crippen molar-refractivity contribution in [3.05, 3.63) is 65.5 Å². The van der Waals surface area contributed by atoms with Gasteiger partial charge < -0.3 is 14.4 Å². The van der Waals surface area contributed by atoms with Gasteiger partial charge in [0.05, 0.1) is 11.0 Å². The van der Waals surface area contributed by atoms with Gasteiger partial charge in [0.25, 0.3) is 5.91 Å². The van der Waals surface area contributed by atoms with Gasteiger partial charge in [-0.05, 0) is 37.6 Å². The van der Waals surface area contributed by atoms with Crippen molar-refractivity contribution >= 4 is 22.8 Å². The molecule has 1 aromatic heterocycles. The number of benzene rings is 2. The molecule has 4 rings (SSSR count). The summed E-state index contributed by atoms with van der Waals surface area (Å²) in [5, 5.41) is 0. The lowest BCUT2D eigenvalue weighted by atomic mass is 10.1. The Hall–Kier alpha value is -3.15. The van der Waals surface area contributed by atoms with Gasteiger partial charge in [0.1, 0.15) is 12.4 Å². The number of fused-ring (bicyclic) bond motifs is 1. The van der Waals surface area contributed by atoms with Crippen LogP contribution in [-0.2, 0) is 17.8 Å². The van der Waals surface area contributed by atoms with Gasteiger partial charge in [0.2, 0.25) is 5.91 Å². The normalized spacial score (nSPS) is 14.7. The van der Waals surface area contributed by atoms with Gasteiger partial charge in [0.15, 0.2) is 0 Å². The van der Waals surface area contributed by atoms with Gasteiger partial charge in [-0.2, -0.15) is 0 Å². The molecular weight excluding hydrogens is 376 g/mol. The number of aryl methyl sites for hydroxylation is 2. The highest BCUT2D eigenvalue weighted by molar-refractivity contribution is 5.94. The fraction of sp³-hybridized carbons (Fsp3) is 0.375. The van der Waals surface area contributed by atoms with Crippen molar-refractivity contribution in [1.82, 2.24) is 19.4 Å². The third-order valence-corrected chi connectivity index (χ3v) is 5.74. The molecule has 0 aliphatic carbocycles. The van der Waals surface area contributed by atoms with Crippen LogP contribution in [0.5, 0.6) is 0 Å². The highest BCUT2D eigenvalue weighted by Gasteiger charge is 2.24. The van der Waals surface area contributed by atoms with Crippen LogP contribution in [0.1, 0.15) is 35.1 Å². The summed E-state index contributed by atoms with van der Waals surface area (Å²) in [5.41, 5.74) is 3.71. The van der Waals surface area contributed by atoms with E-state index in [1.165, 1.54) is 0 Å². The molecule has 30 heavy (non-hydrogen) atoms. The number of amides is 2. The average Bonchev–Trinajstić information content (AvgIpc) is 2.93. The van der Waals surface area contributed by atoms with Crippen LogP contribution in [0.3, 0.4) is 0 Å². The zero-order valence-electron chi connectivity index (χ0n) is 17.7. The van der Waals surface area contributed by atoms with Crippen LogP contribution < -0.4 is 0 Å². The first-order valence-electron chi connectivity index (χ1n) is 10.6. The summed E-state index contributed by atoms with van der Waals surface area (Å²) >= 11 is 0. The Bertz CT molecular complexity index is 1070. The van der Waals surface area contributed by atoms with Crippen LogP contribution in [0.2, 0.25) is 0 Å². The number of hydrogen-bond donors (Lipinski definition) is 0. The van der Waals surface area contributed by atoms with E-state index in [0.29, 0.717) is 31.7 Å². The maximum Gasteiger partial charge on any atom is 0.253 e. The fourth-order valence-electron chi connectivity index (χ4n) is 4.14. The summed E-state index contributed by atoms with van der Waals surface area (Å²) in [6.07, 6.45) is 1.56. The second-order valence-corrected chi connectivity index (χ2v) is 7.85. The first-order valence-corrected chi connectivity index (χ1v) is 10.6. The molecule has 1 fully saturated rings. The number of para-hydroxylation sites is 2. The molecule has 2 heterocycles. The van der Waals surface area contributed by atoms with Gasteiger partial charge in [-0.25, -0.2) is 4.98 Å². The van der Waals surface area contributed by atoms with Crippen LogP contribution in [0.15, 0.2) is 48.5 Å². The second kappa shape index (κ2) is 8.69. The first-order chi connectivity index (χ1) is 14.6. The summed E-state index contributed by atoms with van der Waals surface area (Å²) in [7, 11) is 0. The minimum atomic E-state index is 0.0434. The van der Waals surface area contributed by atoms with Crippen molar-refractivity contribution < 1.29 is 9.59 Å². The summed E-state index contributed by atoms with van der Waals surface area (Å²) < 4.78 is 2.03. The van der Waals surface area contributed by atoms with Crippen LogP contribution >= 0.6 is 0 Å². The molecule has 2 aromatic carbocycles. The Labute approximate surface area is 177 Å². The molecule has 0 N–H and O–H groups in total. The number of imidazole rings is 1. The molecule has 2 amide bonds. The topological polar surface area (TPSA) is 58.4 Å². The molecule has 0 atom stereocenters. The quantitative estimate of drug-likeness (QED) is 0.671. The maximum absolute atomic E-state index is 13.1. The van der Waals surface area contributed by atoms with Crippen LogP contribution in [-0.4, -0.2) is 57.3 Å². The van der Waals surface area contributed by atoms with E-state index in [-0.39, 0.29) is 18.4 Å². The van der Waals surface area contributed by atoms with E-state index < -0.39 is 0 Å². The SMILES string of the molecule is CCc1nc2ccccc2n1CC(=O)N1CCCN(C(=O)c2cccc(C)c2)CC1. The minimum absolute atomic E-state index is 0.0434. The van der Waals surface area contributed by atoms with Crippen molar-refractivity contribution in [3.8, 4) is 0 Å². The lowest BCUT2D eigenvalue weighted by Gasteiger charge is -2.23. The molecule has 0 bridgehead atoms. The van der Waals surface area contributed by atoms with Gasteiger partial charge in [0, 0.05) is 38.2 Å². The number of rotatable bonds is 4. The van der Waals surface area contributed by atoms with E-state index >= 15 is 0 Å². The van der Waals surface area contributed by atoms with E-state index in [1.54, 1.807) is 0 Å². The molecule has 156 valence electrons. The van der Waals surface area contributed by atoms with Gasteiger partial charge >= 0.3 is 0 Å². The largest absolute Gasteiger partial charge is 0.339 e. The van der Waals surface area contributed by atoms with Gasteiger partial charge in [-0.1, -0.05) is 36.8 Å². The molecule has 0 unspecified atom stereocenters. The Morgan fingerprint density at radius 1 is 0.967 bits per heavy atom. The lowest BCUT2D eigenvalue weighted by molar-refractivity contribution is -0.131. The third-order valence-electron chi connectivity index (χ3n) is 5.74. The summed E-state index contributed by atoms with van der Waals surface area (Å²) in [5.74, 6) is 1.05. The molecule has 0 spiro atoms. The first kappa shape index (κ1) is 20.1. The summed E-state index contributed by atoms with van der Waals surface area (Å²) in [6.45, 7) is 6.80. The average molecular weight is 405 g/mol. The van der Waals surface area contributed by atoms with E-state index in [2.05, 4.69) is 11.9 Å². The van der Waals surface area contributed by atoms with Crippen LogP contribution in [0.25, 0.3) is 11.0 Å². The molecule has 1 aliphatic rings. The van der Waals surface area contributed by atoms with Crippen molar-refractivity contribution in [2.75, 3.05) is 26.2 Å². The van der Waals surface area contributed by atoms with Crippen LogP contribution in [0.4, 0.5) is 0 Å². The van der Waals surface area contributed by atoms with E-state index in [0.717, 1.165) is 35.3 Å². The van der Waals surface area contributed by atoms with Crippen molar-refractivity contribution in [2.24, 2.45) is 0 Å².